The third-order valence-corrected chi connectivity index (χ3v) is 7.35. The van der Waals surface area contributed by atoms with Gasteiger partial charge in [-0.05, 0) is 54.9 Å². The Morgan fingerprint density at radius 1 is 0.811 bits per heavy atom. The van der Waals surface area contributed by atoms with Gasteiger partial charge in [0.05, 0.1) is 0 Å². The van der Waals surface area contributed by atoms with Crippen LogP contribution in [0.5, 0.6) is 0 Å². The predicted molar refractivity (Wildman–Crippen MR) is 152 cm³/mol. The van der Waals surface area contributed by atoms with E-state index in [1.807, 2.05) is 19.1 Å². The Bertz CT molecular complexity index is 929. The van der Waals surface area contributed by atoms with E-state index in [4.69, 9.17) is 4.74 Å². The minimum absolute atomic E-state index is 0.0312. The van der Waals surface area contributed by atoms with Crippen molar-refractivity contribution in [1.82, 2.24) is 10.6 Å². The summed E-state index contributed by atoms with van der Waals surface area (Å²) in [7, 11) is 0. The molecule has 1 aliphatic rings. The number of nitrogens with one attached hydrogen (secondary N) is 2. The predicted octanol–water partition coefficient (Wildman–Crippen LogP) is 7.73. The summed E-state index contributed by atoms with van der Waals surface area (Å²) >= 11 is 0. The molecule has 0 saturated heterocycles. The van der Waals surface area contributed by atoms with Gasteiger partial charge in [0.2, 0.25) is 5.91 Å². The van der Waals surface area contributed by atoms with E-state index in [-0.39, 0.29) is 24.0 Å². The van der Waals surface area contributed by atoms with E-state index in [1.165, 1.54) is 60.8 Å². The summed E-state index contributed by atoms with van der Waals surface area (Å²) in [5.74, 6) is 0.235. The number of rotatable bonds is 17. The molecule has 1 aliphatic carbocycles. The molecule has 5 nitrogen and oxygen atoms in total. The normalized spacial score (nSPS) is 13.0. The van der Waals surface area contributed by atoms with Crippen LogP contribution in [0.2, 0.25) is 0 Å². The summed E-state index contributed by atoms with van der Waals surface area (Å²) in [5, 5.41) is 5.99. The number of unbranched alkanes of at least 4 members (excludes halogenated alkanes) is 8. The van der Waals surface area contributed by atoms with Gasteiger partial charge >= 0.3 is 6.09 Å². The number of alkyl carbamates (subject to hydrolysis) is 1. The number of carbonyl (C=O) groups is 2. The number of fused-ring (bicyclic) bond motifs is 3. The molecule has 2 aromatic carbocycles. The van der Waals surface area contributed by atoms with Crippen molar-refractivity contribution in [2.45, 2.75) is 103 Å². The average molecular weight is 507 g/mol. The largest absolute Gasteiger partial charge is 0.449 e. The Labute approximate surface area is 223 Å². The highest BCUT2D eigenvalue weighted by molar-refractivity contribution is 5.79. The van der Waals surface area contributed by atoms with Crippen LogP contribution in [0.25, 0.3) is 11.1 Å². The monoisotopic (exact) mass is 506 g/mol. The first-order valence-corrected chi connectivity index (χ1v) is 14.5. The lowest BCUT2D eigenvalue weighted by molar-refractivity contribution is -0.121. The molecule has 0 radical (unpaired) electrons. The molecule has 2 N–H and O–H groups in total. The molecule has 5 heteroatoms. The topological polar surface area (TPSA) is 67.4 Å². The molecule has 0 fully saturated rings. The van der Waals surface area contributed by atoms with Crippen molar-refractivity contribution in [3.05, 3.63) is 59.7 Å². The maximum atomic E-state index is 12.4. The van der Waals surface area contributed by atoms with E-state index in [1.54, 1.807) is 0 Å². The van der Waals surface area contributed by atoms with Crippen molar-refractivity contribution in [3.63, 3.8) is 0 Å². The molecule has 2 amide bonds. The summed E-state index contributed by atoms with van der Waals surface area (Å²) in [5.41, 5.74) is 4.89. The maximum absolute atomic E-state index is 12.4. The number of hydrogen-bond acceptors (Lipinski definition) is 3. The van der Waals surface area contributed by atoms with Crippen LogP contribution in [-0.4, -0.2) is 31.2 Å². The molecule has 2 aromatic rings. The molecular formula is C32H46N2O3. The molecule has 202 valence electrons. The van der Waals surface area contributed by atoms with Gasteiger partial charge < -0.3 is 15.4 Å². The summed E-state index contributed by atoms with van der Waals surface area (Å²) in [6, 6.07) is 16.7. The van der Waals surface area contributed by atoms with E-state index >= 15 is 0 Å². The molecule has 0 saturated carbocycles. The molecule has 0 spiro atoms. The third-order valence-electron chi connectivity index (χ3n) is 7.35. The minimum atomic E-state index is -0.368. The van der Waals surface area contributed by atoms with Gasteiger partial charge in [-0.25, -0.2) is 4.79 Å². The maximum Gasteiger partial charge on any atom is 0.407 e. The Kier molecular flexibility index (Phi) is 12.5. The van der Waals surface area contributed by atoms with Crippen LogP contribution in [0.1, 0.15) is 108 Å². The number of carbonyl (C=O) groups excluding carboxylic acids is 2. The third kappa shape index (κ3) is 9.53. The fourth-order valence-electron chi connectivity index (χ4n) is 5.22. The second-order valence-corrected chi connectivity index (χ2v) is 10.4. The van der Waals surface area contributed by atoms with Gasteiger partial charge in [0.15, 0.2) is 0 Å². The molecular weight excluding hydrogens is 460 g/mol. The summed E-state index contributed by atoms with van der Waals surface area (Å²) < 4.78 is 5.64. The second kappa shape index (κ2) is 16.1. The quantitative estimate of drug-likeness (QED) is 0.216. The Morgan fingerprint density at radius 2 is 1.41 bits per heavy atom. The van der Waals surface area contributed by atoms with Gasteiger partial charge in [0, 0.05) is 24.9 Å². The molecule has 37 heavy (non-hydrogen) atoms. The standard InChI is InChI=1S/C32H46N2O3/c1-3-4-5-6-7-8-9-10-22-31(35)33-23-16-15-17-25(2)34-32(36)37-24-30-28-20-13-11-18-26(28)27-19-12-14-21-29(27)30/h11-14,18-21,25,30H,3-10,15-17,22-24H2,1-2H3,(H,33,35)(H,34,36)/t25-/m0/s1. The molecule has 0 aliphatic heterocycles. The lowest BCUT2D eigenvalue weighted by Gasteiger charge is -2.17. The van der Waals surface area contributed by atoms with Crippen LogP contribution in [0.15, 0.2) is 48.5 Å². The highest BCUT2D eigenvalue weighted by Gasteiger charge is 2.29. The summed E-state index contributed by atoms with van der Waals surface area (Å²) in [4.78, 5) is 24.4. The van der Waals surface area contributed by atoms with Crippen molar-refractivity contribution in [2.75, 3.05) is 13.2 Å². The number of hydrogen-bond donors (Lipinski definition) is 2. The van der Waals surface area contributed by atoms with E-state index in [2.05, 4.69) is 54.0 Å². The van der Waals surface area contributed by atoms with E-state index < -0.39 is 0 Å². The van der Waals surface area contributed by atoms with Crippen LogP contribution in [0, 0.1) is 0 Å². The highest BCUT2D eigenvalue weighted by atomic mass is 16.5. The van der Waals surface area contributed by atoms with Crippen molar-refractivity contribution < 1.29 is 14.3 Å². The van der Waals surface area contributed by atoms with Crippen LogP contribution >= 0.6 is 0 Å². The van der Waals surface area contributed by atoms with Crippen LogP contribution in [-0.2, 0) is 9.53 Å². The minimum Gasteiger partial charge on any atom is -0.449 e. The lowest BCUT2D eigenvalue weighted by Crippen LogP contribution is -2.34. The Hall–Kier alpha value is -2.82. The summed E-state index contributed by atoms with van der Waals surface area (Å²) in [6.07, 6.45) is 13.0. The summed E-state index contributed by atoms with van der Waals surface area (Å²) in [6.45, 7) is 5.27. The molecule has 0 bridgehead atoms. The molecule has 0 heterocycles. The van der Waals surface area contributed by atoms with E-state index in [0.29, 0.717) is 19.6 Å². The van der Waals surface area contributed by atoms with Crippen molar-refractivity contribution in [2.24, 2.45) is 0 Å². The van der Waals surface area contributed by atoms with Gasteiger partial charge in [0.1, 0.15) is 6.61 Å². The molecule has 0 unspecified atom stereocenters. The number of amides is 2. The fourth-order valence-corrected chi connectivity index (χ4v) is 5.22. The SMILES string of the molecule is CCCCCCCCCCC(=O)NCCCC[C@H](C)NC(=O)OCC1c2ccccc2-c2ccccc21. The fraction of sp³-hybridized carbons (Fsp3) is 0.562. The van der Waals surface area contributed by atoms with E-state index in [9.17, 15) is 9.59 Å². The first kappa shape index (κ1) is 28.7. The number of ether oxygens (including phenoxy) is 1. The van der Waals surface area contributed by atoms with Crippen molar-refractivity contribution in [3.8, 4) is 11.1 Å². The van der Waals surface area contributed by atoms with Gasteiger partial charge in [-0.1, -0.05) is 100 Å². The highest BCUT2D eigenvalue weighted by Crippen LogP contribution is 2.44. The van der Waals surface area contributed by atoms with Crippen LogP contribution in [0.3, 0.4) is 0 Å². The number of benzene rings is 2. The molecule has 3 rings (SSSR count). The zero-order chi connectivity index (χ0) is 26.3. The van der Waals surface area contributed by atoms with Crippen molar-refractivity contribution in [1.29, 1.82) is 0 Å². The smallest absolute Gasteiger partial charge is 0.407 e. The molecule has 0 aromatic heterocycles. The zero-order valence-electron chi connectivity index (χ0n) is 22.9. The lowest BCUT2D eigenvalue weighted by atomic mass is 9.98. The van der Waals surface area contributed by atoms with Gasteiger partial charge in [0.25, 0.3) is 0 Å². The van der Waals surface area contributed by atoms with Gasteiger partial charge in [-0.15, -0.1) is 0 Å². The van der Waals surface area contributed by atoms with E-state index in [0.717, 1.165) is 32.1 Å². The average Bonchev–Trinajstić information content (AvgIpc) is 3.22. The first-order valence-electron chi connectivity index (χ1n) is 14.5. The van der Waals surface area contributed by atoms with Crippen LogP contribution < -0.4 is 10.6 Å². The first-order chi connectivity index (χ1) is 18.1. The molecule has 1 atom stereocenters. The Balaban J connectivity index is 1.23. The van der Waals surface area contributed by atoms with Gasteiger partial charge in [-0.3, -0.25) is 4.79 Å². The Morgan fingerprint density at radius 3 is 2.05 bits per heavy atom. The van der Waals surface area contributed by atoms with Crippen molar-refractivity contribution >= 4 is 12.0 Å². The second-order valence-electron chi connectivity index (χ2n) is 10.4. The van der Waals surface area contributed by atoms with Gasteiger partial charge in [-0.2, -0.15) is 0 Å². The van der Waals surface area contributed by atoms with Crippen LogP contribution in [0.4, 0.5) is 4.79 Å². The zero-order valence-corrected chi connectivity index (χ0v) is 22.9.